The molecule has 1 N–H and O–H groups in total. The fraction of sp³-hybridized carbons (Fsp3) is 0. The number of hydrogen-bond acceptors (Lipinski definition) is 4. The smallest absolute Gasteiger partial charge is 0.266 e. The van der Waals surface area contributed by atoms with E-state index in [2.05, 4.69) is 10.5 Å². The molecule has 0 spiro atoms. The summed E-state index contributed by atoms with van der Waals surface area (Å²) in [7, 11) is 0. The van der Waals surface area contributed by atoms with E-state index in [1.54, 1.807) is 22.9 Å². The van der Waals surface area contributed by atoms with Gasteiger partial charge in [-0.2, -0.15) is 5.10 Å². The molecule has 6 heteroatoms. The van der Waals surface area contributed by atoms with Crippen LogP contribution in [0, 0.1) is 0 Å². The second kappa shape index (κ2) is 11.6. The van der Waals surface area contributed by atoms with Crippen molar-refractivity contribution in [2.45, 2.75) is 0 Å². The fourth-order valence-electron chi connectivity index (χ4n) is 3.90. The fourth-order valence-corrected chi connectivity index (χ4v) is 3.90. The van der Waals surface area contributed by atoms with Gasteiger partial charge < -0.3 is 0 Å². The molecular formula is C32H24N4O2. The highest BCUT2D eigenvalue weighted by Gasteiger charge is 2.11. The molecule has 184 valence electrons. The lowest BCUT2D eigenvalue weighted by atomic mass is 10.2. The van der Waals surface area contributed by atoms with E-state index in [1.807, 2.05) is 115 Å². The summed E-state index contributed by atoms with van der Waals surface area (Å²) >= 11 is 0. The first-order valence-electron chi connectivity index (χ1n) is 12.1. The number of hydrogen-bond donors (Lipinski definition) is 1. The second-order valence-corrected chi connectivity index (χ2v) is 8.44. The van der Waals surface area contributed by atoms with Gasteiger partial charge in [-0.25, -0.2) is 10.4 Å². The molecule has 0 aliphatic carbocycles. The van der Waals surface area contributed by atoms with Crippen LogP contribution in [0.3, 0.4) is 0 Å². The van der Waals surface area contributed by atoms with Gasteiger partial charge in [0, 0.05) is 6.08 Å². The Bertz CT molecular complexity index is 1700. The summed E-state index contributed by atoms with van der Waals surface area (Å²) in [5.41, 5.74) is 6.36. The average molecular weight is 497 g/mol. The molecule has 38 heavy (non-hydrogen) atoms. The molecule has 0 fully saturated rings. The number of carbonyl (C=O) groups is 1. The Morgan fingerprint density at radius 3 is 2.05 bits per heavy atom. The Morgan fingerprint density at radius 1 is 0.711 bits per heavy atom. The predicted octanol–water partition coefficient (Wildman–Crippen LogP) is 5.72. The van der Waals surface area contributed by atoms with Crippen LogP contribution >= 0.6 is 0 Å². The lowest BCUT2D eigenvalue weighted by molar-refractivity contribution is -0.116. The Balaban J connectivity index is 1.38. The number of nitrogens with zero attached hydrogens (tertiary/aromatic N) is 3. The van der Waals surface area contributed by atoms with Crippen molar-refractivity contribution < 1.29 is 4.79 Å². The van der Waals surface area contributed by atoms with Crippen molar-refractivity contribution in [3.8, 4) is 5.69 Å². The molecule has 0 unspecified atom stereocenters. The zero-order chi connectivity index (χ0) is 26.2. The van der Waals surface area contributed by atoms with E-state index < -0.39 is 0 Å². The molecular weight excluding hydrogens is 472 g/mol. The molecule has 5 rings (SSSR count). The molecule has 0 bridgehead atoms. The summed E-state index contributed by atoms with van der Waals surface area (Å²) < 4.78 is 1.60. The predicted molar refractivity (Wildman–Crippen MR) is 154 cm³/mol. The molecule has 4 aromatic carbocycles. The number of rotatable bonds is 7. The topological polar surface area (TPSA) is 76.3 Å². The summed E-state index contributed by atoms with van der Waals surface area (Å²) in [6.45, 7) is 0. The number of nitrogens with one attached hydrogen (secondary N) is 1. The minimum absolute atomic E-state index is 0.151. The molecule has 1 amide bonds. The van der Waals surface area contributed by atoms with Crippen molar-refractivity contribution in [1.29, 1.82) is 0 Å². The van der Waals surface area contributed by atoms with Crippen molar-refractivity contribution in [2.24, 2.45) is 5.10 Å². The minimum atomic E-state index is -0.328. The summed E-state index contributed by atoms with van der Waals surface area (Å²) in [5.74, 6) is 0.196. The van der Waals surface area contributed by atoms with Gasteiger partial charge in [0.25, 0.3) is 11.5 Å². The molecule has 5 aromatic rings. The van der Waals surface area contributed by atoms with Crippen molar-refractivity contribution >= 4 is 41.3 Å². The number of fused-ring (bicyclic) bond motifs is 1. The Kier molecular flexibility index (Phi) is 7.42. The van der Waals surface area contributed by atoms with E-state index in [1.165, 1.54) is 6.08 Å². The number of aromatic nitrogens is 2. The van der Waals surface area contributed by atoms with Crippen LogP contribution in [-0.4, -0.2) is 21.7 Å². The number of benzene rings is 4. The van der Waals surface area contributed by atoms with Crippen molar-refractivity contribution in [3.63, 3.8) is 0 Å². The monoisotopic (exact) mass is 496 g/mol. The van der Waals surface area contributed by atoms with E-state index >= 15 is 0 Å². The lowest BCUT2D eigenvalue weighted by Crippen LogP contribution is -2.22. The second-order valence-electron chi connectivity index (χ2n) is 8.44. The van der Waals surface area contributed by atoms with Gasteiger partial charge in [-0.1, -0.05) is 91.0 Å². The Labute approximate surface area is 219 Å². The van der Waals surface area contributed by atoms with Crippen LogP contribution in [0.25, 0.3) is 34.8 Å². The number of para-hydroxylation sites is 1. The average Bonchev–Trinajstić information content (AvgIpc) is 2.97. The summed E-state index contributed by atoms with van der Waals surface area (Å²) in [5, 5.41) is 4.57. The van der Waals surface area contributed by atoms with E-state index in [0.717, 1.165) is 16.7 Å². The lowest BCUT2D eigenvalue weighted by Gasteiger charge is -2.11. The Morgan fingerprint density at radius 2 is 1.34 bits per heavy atom. The molecule has 6 nitrogen and oxygen atoms in total. The number of hydrazone groups is 1. The van der Waals surface area contributed by atoms with Gasteiger partial charge in [0.05, 0.1) is 22.8 Å². The van der Waals surface area contributed by atoms with E-state index in [0.29, 0.717) is 22.4 Å². The van der Waals surface area contributed by atoms with Crippen LogP contribution < -0.4 is 11.0 Å². The van der Waals surface area contributed by atoms with Gasteiger partial charge in [0.1, 0.15) is 5.82 Å². The minimum Gasteiger partial charge on any atom is -0.268 e. The standard InChI is InChI=1S/C32H24N4O2/c37-31(22-18-25-11-5-2-6-12-25)35-33-23-26-15-19-27(20-16-26)36-30(21-17-24-9-3-1-4-10-24)34-29-14-8-7-13-28(29)32(36)38/h1-23H,(H,35,37)/b21-17+,22-18+,33-23+. The van der Waals surface area contributed by atoms with Crippen LogP contribution in [0.5, 0.6) is 0 Å². The third kappa shape index (κ3) is 5.88. The molecule has 0 saturated heterocycles. The maximum Gasteiger partial charge on any atom is 0.266 e. The third-order valence-electron chi connectivity index (χ3n) is 5.79. The van der Waals surface area contributed by atoms with Gasteiger partial charge >= 0.3 is 0 Å². The van der Waals surface area contributed by atoms with Gasteiger partial charge in [-0.3, -0.25) is 14.2 Å². The molecule has 0 atom stereocenters. The highest BCUT2D eigenvalue weighted by Crippen LogP contribution is 2.16. The highest BCUT2D eigenvalue weighted by atomic mass is 16.2. The first-order chi connectivity index (χ1) is 18.7. The van der Waals surface area contributed by atoms with Crippen LogP contribution in [0.2, 0.25) is 0 Å². The number of carbonyl (C=O) groups excluding carboxylic acids is 1. The maximum atomic E-state index is 13.5. The molecule has 1 aromatic heterocycles. The summed E-state index contributed by atoms with van der Waals surface area (Å²) in [6.07, 6.45) is 8.48. The normalized spacial score (nSPS) is 11.6. The molecule has 0 aliphatic heterocycles. The Hall–Kier alpha value is -5.36. The maximum absolute atomic E-state index is 13.5. The first kappa shape index (κ1) is 24.3. The van der Waals surface area contributed by atoms with E-state index in [9.17, 15) is 9.59 Å². The third-order valence-corrected chi connectivity index (χ3v) is 5.79. The van der Waals surface area contributed by atoms with Gasteiger partial charge in [-0.15, -0.1) is 0 Å². The van der Waals surface area contributed by atoms with Gasteiger partial charge in [0.2, 0.25) is 0 Å². The van der Waals surface area contributed by atoms with Gasteiger partial charge in [-0.05, 0) is 53.1 Å². The van der Waals surface area contributed by atoms with Crippen LogP contribution in [0.4, 0.5) is 0 Å². The largest absolute Gasteiger partial charge is 0.268 e. The van der Waals surface area contributed by atoms with Gasteiger partial charge in [0.15, 0.2) is 0 Å². The zero-order valence-corrected chi connectivity index (χ0v) is 20.4. The zero-order valence-electron chi connectivity index (χ0n) is 20.4. The summed E-state index contributed by atoms with van der Waals surface area (Å²) in [4.78, 5) is 30.2. The van der Waals surface area contributed by atoms with Crippen LogP contribution in [-0.2, 0) is 4.79 Å². The first-order valence-corrected chi connectivity index (χ1v) is 12.1. The highest BCUT2D eigenvalue weighted by molar-refractivity contribution is 5.92. The molecule has 0 aliphatic rings. The quantitative estimate of drug-likeness (QED) is 0.178. The SMILES string of the molecule is O=C(/C=C/c1ccccc1)N/N=C/c1ccc(-n2c(/C=C/c3ccccc3)nc3ccccc3c2=O)cc1. The molecule has 0 saturated carbocycles. The molecule has 1 heterocycles. The van der Waals surface area contributed by atoms with Crippen molar-refractivity contribution in [2.75, 3.05) is 0 Å². The number of amides is 1. The van der Waals surface area contributed by atoms with Crippen molar-refractivity contribution in [1.82, 2.24) is 15.0 Å². The van der Waals surface area contributed by atoms with Crippen LogP contribution in [0.15, 0.2) is 125 Å². The van der Waals surface area contributed by atoms with E-state index in [-0.39, 0.29) is 11.5 Å². The summed E-state index contributed by atoms with van der Waals surface area (Å²) in [6, 6.07) is 34.1. The molecule has 0 radical (unpaired) electrons. The van der Waals surface area contributed by atoms with E-state index in [4.69, 9.17) is 4.98 Å². The van der Waals surface area contributed by atoms with Crippen molar-refractivity contribution in [3.05, 3.63) is 148 Å². The van der Waals surface area contributed by atoms with Crippen LogP contribution in [0.1, 0.15) is 22.5 Å².